The Hall–Kier alpha value is -1.75. The van der Waals surface area contributed by atoms with Gasteiger partial charge in [-0.2, -0.15) is 0 Å². The number of aliphatic hydroxyl groups excluding tert-OH is 1. The number of aromatic hydroxyl groups is 3. The second-order valence-corrected chi connectivity index (χ2v) is 3.60. The molecule has 0 fully saturated rings. The minimum absolute atomic E-state index is 0.00407. The lowest BCUT2D eigenvalue weighted by molar-refractivity contribution is 0.0847. The van der Waals surface area contributed by atoms with Crippen molar-refractivity contribution in [3.05, 3.63) is 17.2 Å². The first-order chi connectivity index (χ1) is 7.00. The standard InChI is InChI=1S/C10H10O5/c11-4-1-5-9(6(12)2-4)7(13)3-8(14)10(5)15/h3-4,11,13-15H,1-2H2/t4-/m1/s1. The molecule has 0 saturated heterocycles. The van der Waals surface area contributed by atoms with E-state index >= 15 is 0 Å². The van der Waals surface area contributed by atoms with Gasteiger partial charge in [-0.1, -0.05) is 0 Å². The Balaban J connectivity index is 2.69. The van der Waals surface area contributed by atoms with Crippen molar-refractivity contribution >= 4 is 5.78 Å². The van der Waals surface area contributed by atoms with Gasteiger partial charge in [-0.3, -0.25) is 4.79 Å². The van der Waals surface area contributed by atoms with Gasteiger partial charge in [-0.25, -0.2) is 0 Å². The SMILES string of the molecule is O=C1C[C@H](O)Cc2c(O)c(O)cc(O)c21. The van der Waals surface area contributed by atoms with E-state index in [2.05, 4.69) is 0 Å². The van der Waals surface area contributed by atoms with Crippen molar-refractivity contribution in [2.75, 3.05) is 0 Å². The van der Waals surface area contributed by atoms with Crippen molar-refractivity contribution in [3.63, 3.8) is 0 Å². The fourth-order valence-electron chi connectivity index (χ4n) is 1.83. The average Bonchev–Trinajstić information content (AvgIpc) is 2.12. The summed E-state index contributed by atoms with van der Waals surface area (Å²) in [5.41, 5.74) is 0.104. The van der Waals surface area contributed by atoms with E-state index in [1.165, 1.54) is 0 Å². The van der Waals surface area contributed by atoms with Crippen LogP contribution in [0.2, 0.25) is 0 Å². The van der Waals surface area contributed by atoms with Gasteiger partial charge in [-0.15, -0.1) is 0 Å². The fourth-order valence-corrected chi connectivity index (χ4v) is 1.83. The van der Waals surface area contributed by atoms with E-state index in [9.17, 15) is 25.2 Å². The molecule has 0 bridgehead atoms. The first kappa shape index (κ1) is 9.79. The summed E-state index contributed by atoms with van der Waals surface area (Å²) in [6, 6.07) is 0.920. The number of aliphatic hydroxyl groups is 1. The maximum absolute atomic E-state index is 11.5. The van der Waals surface area contributed by atoms with Crippen LogP contribution in [0.15, 0.2) is 6.07 Å². The van der Waals surface area contributed by atoms with E-state index in [1.807, 2.05) is 0 Å². The van der Waals surface area contributed by atoms with Crippen molar-refractivity contribution in [3.8, 4) is 17.2 Å². The van der Waals surface area contributed by atoms with Gasteiger partial charge >= 0.3 is 0 Å². The smallest absolute Gasteiger partial charge is 0.169 e. The Morgan fingerprint density at radius 3 is 2.47 bits per heavy atom. The fraction of sp³-hybridized carbons (Fsp3) is 0.300. The molecule has 0 aromatic heterocycles. The summed E-state index contributed by atoms with van der Waals surface area (Å²) in [5.74, 6) is -1.74. The van der Waals surface area contributed by atoms with E-state index in [0.29, 0.717) is 0 Å². The average molecular weight is 210 g/mol. The minimum atomic E-state index is -0.878. The number of rotatable bonds is 0. The van der Waals surface area contributed by atoms with Crippen molar-refractivity contribution in [1.82, 2.24) is 0 Å². The monoisotopic (exact) mass is 210 g/mol. The number of hydrogen-bond donors (Lipinski definition) is 4. The predicted octanol–water partition coefficient (Wildman–Crippen LogP) is 0.293. The Kier molecular flexibility index (Phi) is 2.04. The highest BCUT2D eigenvalue weighted by atomic mass is 16.3. The Morgan fingerprint density at radius 1 is 1.13 bits per heavy atom. The Labute approximate surface area is 85.2 Å². The molecule has 5 heteroatoms. The van der Waals surface area contributed by atoms with Crippen LogP contribution in [-0.2, 0) is 6.42 Å². The zero-order chi connectivity index (χ0) is 11.2. The van der Waals surface area contributed by atoms with E-state index < -0.39 is 23.4 Å². The number of phenols is 3. The second kappa shape index (κ2) is 3.13. The molecule has 0 spiro atoms. The molecule has 1 atom stereocenters. The van der Waals surface area contributed by atoms with Gasteiger partial charge in [0.25, 0.3) is 0 Å². The molecule has 80 valence electrons. The van der Waals surface area contributed by atoms with Crippen molar-refractivity contribution < 1.29 is 25.2 Å². The highest BCUT2D eigenvalue weighted by molar-refractivity contribution is 6.02. The number of benzene rings is 1. The number of carbonyl (C=O) groups excluding carboxylic acids is 1. The second-order valence-electron chi connectivity index (χ2n) is 3.60. The Morgan fingerprint density at radius 2 is 1.80 bits per heavy atom. The number of carbonyl (C=O) groups is 1. The lowest BCUT2D eigenvalue weighted by atomic mass is 9.87. The molecular formula is C10H10O5. The van der Waals surface area contributed by atoms with Crippen LogP contribution in [0.25, 0.3) is 0 Å². The molecule has 1 aromatic carbocycles. The summed E-state index contributed by atoms with van der Waals surface area (Å²) in [6.07, 6.45) is -0.906. The van der Waals surface area contributed by atoms with E-state index in [4.69, 9.17) is 0 Å². The van der Waals surface area contributed by atoms with Crippen LogP contribution in [0.3, 0.4) is 0 Å². The molecule has 0 saturated carbocycles. The number of Topliss-reactive ketones (excluding diaryl/α,β-unsaturated/α-hetero) is 1. The number of fused-ring (bicyclic) bond motifs is 1. The third kappa shape index (κ3) is 1.41. The molecule has 0 unspecified atom stereocenters. The van der Waals surface area contributed by atoms with Gasteiger partial charge in [0.15, 0.2) is 17.3 Å². The molecule has 1 aromatic rings. The molecule has 15 heavy (non-hydrogen) atoms. The zero-order valence-corrected chi connectivity index (χ0v) is 7.77. The van der Waals surface area contributed by atoms with E-state index in [1.54, 1.807) is 0 Å². The van der Waals surface area contributed by atoms with Gasteiger partial charge in [-0.05, 0) is 0 Å². The van der Waals surface area contributed by atoms with Crippen molar-refractivity contribution in [2.45, 2.75) is 18.9 Å². The summed E-state index contributed by atoms with van der Waals surface area (Å²) in [4.78, 5) is 11.5. The van der Waals surface area contributed by atoms with Gasteiger partial charge in [0.1, 0.15) is 5.75 Å². The molecule has 5 nitrogen and oxygen atoms in total. The van der Waals surface area contributed by atoms with Crippen molar-refractivity contribution in [1.29, 1.82) is 0 Å². The topological polar surface area (TPSA) is 98.0 Å². The van der Waals surface area contributed by atoms with Crippen LogP contribution in [-0.4, -0.2) is 32.3 Å². The summed E-state index contributed by atoms with van der Waals surface area (Å²) >= 11 is 0. The van der Waals surface area contributed by atoms with Crippen LogP contribution in [0.1, 0.15) is 22.3 Å². The number of phenolic OH excluding ortho intramolecular Hbond substituents is 3. The molecule has 2 rings (SSSR count). The molecule has 4 N–H and O–H groups in total. The molecule has 1 aliphatic carbocycles. The quantitative estimate of drug-likeness (QED) is 0.364. The highest BCUT2D eigenvalue weighted by Crippen LogP contribution is 2.41. The number of ketones is 1. The van der Waals surface area contributed by atoms with E-state index in [-0.39, 0.29) is 29.7 Å². The molecule has 0 radical (unpaired) electrons. The third-order valence-corrected chi connectivity index (χ3v) is 2.50. The molecule has 0 aliphatic heterocycles. The maximum atomic E-state index is 11.5. The van der Waals surface area contributed by atoms with Crippen LogP contribution in [0, 0.1) is 0 Å². The summed E-state index contributed by atoms with van der Waals surface area (Å²) in [6.45, 7) is 0. The van der Waals surface area contributed by atoms with Crippen LogP contribution in [0.5, 0.6) is 17.2 Å². The molecule has 0 heterocycles. The highest BCUT2D eigenvalue weighted by Gasteiger charge is 2.30. The third-order valence-electron chi connectivity index (χ3n) is 2.50. The van der Waals surface area contributed by atoms with Gasteiger partial charge in [0, 0.05) is 24.5 Å². The molecular weight excluding hydrogens is 200 g/mol. The van der Waals surface area contributed by atoms with E-state index in [0.717, 1.165) is 6.07 Å². The number of hydrogen-bond acceptors (Lipinski definition) is 5. The summed E-state index contributed by atoms with van der Waals surface area (Å²) < 4.78 is 0. The van der Waals surface area contributed by atoms with Crippen LogP contribution < -0.4 is 0 Å². The van der Waals surface area contributed by atoms with Crippen molar-refractivity contribution in [2.24, 2.45) is 0 Å². The first-order valence-electron chi connectivity index (χ1n) is 4.48. The summed E-state index contributed by atoms with van der Waals surface area (Å²) in [7, 11) is 0. The van der Waals surface area contributed by atoms with Gasteiger partial charge in [0.2, 0.25) is 0 Å². The molecule has 0 amide bonds. The van der Waals surface area contributed by atoms with Crippen LogP contribution >= 0.6 is 0 Å². The minimum Gasteiger partial charge on any atom is -0.507 e. The summed E-state index contributed by atoms with van der Waals surface area (Å²) in [5, 5.41) is 37.5. The zero-order valence-electron chi connectivity index (χ0n) is 7.77. The Bertz CT molecular complexity index is 438. The largest absolute Gasteiger partial charge is 0.507 e. The van der Waals surface area contributed by atoms with Crippen LogP contribution in [0.4, 0.5) is 0 Å². The maximum Gasteiger partial charge on any atom is 0.169 e. The van der Waals surface area contributed by atoms with Gasteiger partial charge < -0.3 is 20.4 Å². The lowest BCUT2D eigenvalue weighted by Gasteiger charge is -2.21. The van der Waals surface area contributed by atoms with Gasteiger partial charge in [0.05, 0.1) is 11.7 Å². The first-order valence-corrected chi connectivity index (χ1v) is 4.48. The predicted molar refractivity (Wildman–Crippen MR) is 50.1 cm³/mol. The molecule has 1 aliphatic rings. The lowest BCUT2D eigenvalue weighted by Crippen LogP contribution is -2.24. The normalized spacial score (nSPS) is 20.1.